The Balaban J connectivity index is 2.30. The predicted molar refractivity (Wildman–Crippen MR) is 38.5 cm³/mol. The quantitative estimate of drug-likeness (QED) is 0.503. The standard InChI is InChI=1S/C8H14O3/c1-7(2)5-4-6-8(7,3)10-11-9-6/h6H,4-5H2,1-3H3. The van der Waals surface area contributed by atoms with E-state index in [-0.39, 0.29) is 17.1 Å². The summed E-state index contributed by atoms with van der Waals surface area (Å²) >= 11 is 0. The van der Waals surface area contributed by atoms with Crippen LogP contribution in [0.25, 0.3) is 0 Å². The molecule has 0 aromatic heterocycles. The summed E-state index contributed by atoms with van der Waals surface area (Å²) in [5, 5.41) is 4.55. The largest absolute Gasteiger partial charge is 0.200 e. The van der Waals surface area contributed by atoms with Crippen LogP contribution in [-0.4, -0.2) is 11.7 Å². The lowest BCUT2D eigenvalue weighted by Gasteiger charge is -2.32. The van der Waals surface area contributed by atoms with E-state index < -0.39 is 0 Å². The minimum atomic E-state index is -0.243. The van der Waals surface area contributed by atoms with E-state index in [2.05, 4.69) is 25.8 Å². The molecule has 3 heteroatoms. The molecule has 3 nitrogen and oxygen atoms in total. The van der Waals surface area contributed by atoms with Gasteiger partial charge in [0, 0.05) is 0 Å². The summed E-state index contributed by atoms with van der Waals surface area (Å²) in [4.78, 5) is 10.2. The highest BCUT2D eigenvalue weighted by Gasteiger charge is 2.59. The smallest absolute Gasteiger partial charge is 0.138 e. The molecular weight excluding hydrogens is 144 g/mol. The summed E-state index contributed by atoms with van der Waals surface area (Å²) in [6.07, 6.45) is 2.29. The van der Waals surface area contributed by atoms with Gasteiger partial charge in [-0.05, 0) is 25.2 Å². The normalized spacial score (nSPS) is 47.7. The number of fused-ring (bicyclic) bond motifs is 1. The maximum Gasteiger partial charge on any atom is 0.138 e. The number of rotatable bonds is 0. The minimum Gasteiger partial charge on any atom is -0.200 e. The molecule has 2 fully saturated rings. The Morgan fingerprint density at radius 2 is 2.00 bits per heavy atom. The van der Waals surface area contributed by atoms with Gasteiger partial charge in [-0.2, -0.15) is 9.78 Å². The van der Waals surface area contributed by atoms with E-state index in [0.29, 0.717) is 0 Å². The van der Waals surface area contributed by atoms with Crippen LogP contribution < -0.4 is 0 Å². The summed E-state index contributed by atoms with van der Waals surface area (Å²) < 4.78 is 0. The first kappa shape index (κ1) is 7.53. The third-order valence-electron chi connectivity index (χ3n) is 3.35. The third-order valence-corrected chi connectivity index (χ3v) is 3.35. The summed E-state index contributed by atoms with van der Waals surface area (Å²) in [6.45, 7) is 6.42. The van der Waals surface area contributed by atoms with Gasteiger partial charge in [0.25, 0.3) is 0 Å². The van der Waals surface area contributed by atoms with Crippen molar-refractivity contribution in [1.82, 2.24) is 0 Å². The number of hydrogen-bond acceptors (Lipinski definition) is 3. The zero-order valence-corrected chi connectivity index (χ0v) is 7.22. The first-order valence-electron chi connectivity index (χ1n) is 4.07. The molecule has 1 saturated carbocycles. The molecule has 1 saturated heterocycles. The van der Waals surface area contributed by atoms with E-state index in [1.807, 2.05) is 0 Å². The molecule has 0 N–H and O–H groups in total. The Hall–Kier alpha value is -0.120. The van der Waals surface area contributed by atoms with Gasteiger partial charge >= 0.3 is 0 Å². The van der Waals surface area contributed by atoms with Crippen molar-refractivity contribution < 1.29 is 14.8 Å². The first-order chi connectivity index (χ1) is 5.06. The Bertz CT molecular complexity index is 178. The monoisotopic (exact) mass is 158 g/mol. The van der Waals surface area contributed by atoms with Crippen LogP contribution in [0.5, 0.6) is 0 Å². The Morgan fingerprint density at radius 1 is 1.27 bits per heavy atom. The van der Waals surface area contributed by atoms with E-state index in [1.165, 1.54) is 0 Å². The van der Waals surface area contributed by atoms with Gasteiger partial charge in [0.1, 0.15) is 11.7 Å². The molecule has 0 amide bonds. The molecule has 64 valence electrons. The topological polar surface area (TPSA) is 27.7 Å². The Labute approximate surface area is 66.5 Å². The van der Waals surface area contributed by atoms with Gasteiger partial charge in [0.15, 0.2) is 0 Å². The van der Waals surface area contributed by atoms with Gasteiger partial charge < -0.3 is 0 Å². The van der Waals surface area contributed by atoms with E-state index >= 15 is 0 Å². The fourth-order valence-corrected chi connectivity index (χ4v) is 1.90. The average molecular weight is 158 g/mol. The molecule has 2 unspecified atom stereocenters. The van der Waals surface area contributed by atoms with Gasteiger partial charge in [-0.15, -0.1) is 0 Å². The minimum absolute atomic E-state index is 0.123. The second-order valence-corrected chi connectivity index (χ2v) is 4.27. The van der Waals surface area contributed by atoms with Crippen molar-refractivity contribution in [2.24, 2.45) is 5.41 Å². The van der Waals surface area contributed by atoms with Gasteiger partial charge in [-0.25, -0.2) is 0 Å². The molecule has 11 heavy (non-hydrogen) atoms. The van der Waals surface area contributed by atoms with E-state index in [9.17, 15) is 0 Å². The molecule has 2 rings (SSSR count). The van der Waals surface area contributed by atoms with Crippen molar-refractivity contribution in [2.45, 2.75) is 45.3 Å². The second-order valence-electron chi connectivity index (χ2n) is 4.27. The summed E-state index contributed by atoms with van der Waals surface area (Å²) in [5.74, 6) is 0. The summed E-state index contributed by atoms with van der Waals surface area (Å²) in [7, 11) is 0. The summed E-state index contributed by atoms with van der Waals surface area (Å²) in [6, 6.07) is 0. The van der Waals surface area contributed by atoms with Crippen LogP contribution in [0.2, 0.25) is 0 Å². The fraction of sp³-hybridized carbons (Fsp3) is 1.00. The molecule has 0 aromatic rings. The molecule has 0 radical (unpaired) electrons. The predicted octanol–water partition coefficient (Wildman–Crippen LogP) is 1.83. The Kier molecular flexibility index (Phi) is 1.35. The van der Waals surface area contributed by atoms with Crippen molar-refractivity contribution in [3.8, 4) is 0 Å². The van der Waals surface area contributed by atoms with Gasteiger partial charge in [-0.1, -0.05) is 18.9 Å². The van der Waals surface area contributed by atoms with Crippen LogP contribution in [0.15, 0.2) is 0 Å². The highest BCUT2D eigenvalue weighted by Crippen LogP contribution is 2.52. The molecule has 0 aromatic carbocycles. The molecule has 1 aliphatic heterocycles. The zero-order valence-electron chi connectivity index (χ0n) is 7.22. The Morgan fingerprint density at radius 3 is 2.64 bits per heavy atom. The first-order valence-corrected chi connectivity index (χ1v) is 4.07. The molecule has 0 spiro atoms. The van der Waals surface area contributed by atoms with Crippen molar-refractivity contribution in [3.05, 3.63) is 0 Å². The van der Waals surface area contributed by atoms with Crippen LogP contribution in [0, 0.1) is 5.41 Å². The van der Waals surface area contributed by atoms with Crippen molar-refractivity contribution >= 4 is 0 Å². The lowest BCUT2D eigenvalue weighted by molar-refractivity contribution is -0.480. The van der Waals surface area contributed by atoms with Crippen molar-refractivity contribution in [1.29, 1.82) is 0 Å². The maximum atomic E-state index is 5.16. The van der Waals surface area contributed by atoms with Crippen molar-refractivity contribution in [3.63, 3.8) is 0 Å². The van der Waals surface area contributed by atoms with E-state index in [1.54, 1.807) is 0 Å². The fourth-order valence-electron chi connectivity index (χ4n) is 1.90. The maximum absolute atomic E-state index is 5.16. The highest BCUT2D eigenvalue weighted by atomic mass is 17.5. The van der Waals surface area contributed by atoms with Gasteiger partial charge in [-0.3, -0.25) is 0 Å². The van der Waals surface area contributed by atoms with Gasteiger partial charge in [0.2, 0.25) is 0 Å². The van der Waals surface area contributed by atoms with Crippen LogP contribution in [0.3, 0.4) is 0 Å². The summed E-state index contributed by atoms with van der Waals surface area (Å²) in [5.41, 5.74) is -0.0822. The molecular formula is C8H14O3. The van der Waals surface area contributed by atoms with Gasteiger partial charge in [0.05, 0.1) is 0 Å². The van der Waals surface area contributed by atoms with Crippen LogP contribution in [0.1, 0.15) is 33.6 Å². The zero-order chi connectivity index (χ0) is 8.11. The van der Waals surface area contributed by atoms with Crippen LogP contribution in [-0.2, 0) is 14.8 Å². The molecule has 2 aliphatic rings. The third kappa shape index (κ3) is 0.789. The second kappa shape index (κ2) is 1.97. The molecule has 1 aliphatic carbocycles. The lowest BCUT2D eigenvalue weighted by Crippen LogP contribution is -2.42. The van der Waals surface area contributed by atoms with E-state index in [4.69, 9.17) is 9.78 Å². The molecule has 2 atom stereocenters. The number of hydrogen-bond donors (Lipinski definition) is 0. The van der Waals surface area contributed by atoms with E-state index in [0.717, 1.165) is 12.8 Å². The SMILES string of the molecule is CC1(C)CCC2OOOC21C. The molecule has 0 bridgehead atoms. The van der Waals surface area contributed by atoms with Crippen LogP contribution in [0.4, 0.5) is 0 Å². The van der Waals surface area contributed by atoms with Crippen molar-refractivity contribution in [2.75, 3.05) is 0 Å². The highest BCUT2D eigenvalue weighted by molar-refractivity contribution is 5.03. The van der Waals surface area contributed by atoms with Crippen LogP contribution >= 0.6 is 0 Å². The lowest BCUT2D eigenvalue weighted by atomic mass is 9.78. The molecule has 1 heterocycles. The average Bonchev–Trinajstić information content (AvgIpc) is 2.36.